The van der Waals surface area contributed by atoms with E-state index in [1.54, 1.807) is 4.31 Å². The van der Waals surface area contributed by atoms with Crippen molar-refractivity contribution in [2.45, 2.75) is 51.0 Å². The highest BCUT2D eigenvalue weighted by Gasteiger charge is 2.53. The summed E-state index contributed by atoms with van der Waals surface area (Å²) in [5, 5.41) is 10.8. The van der Waals surface area contributed by atoms with Gasteiger partial charge >= 0.3 is 0 Å². The van der Waals surface area contributed by atoms with Gasteiger partial charge in [-0.25, -0.2) is 8.42 Å². The summed E-state index contributed by atoms with van der Waals surface area (Å²) in [5.41, 5.74) is 0.141. The highest BCUT2D eigenvalue weighted by atomic mass is 32.2. The molecule has 5 nitrogen and oxygen atoms in total. The molecule has 23 heavy (non-hydrogen) atoms. The number of carbonyl (C=O) groups is 1. The Labute approximate surface area is 137 Å². The summed E-state index contributed by atoms with van der Waals surface area (Å²) in [6.45, 7) is 7.09. The Kier molecular flexibility index (Phi) is 3.61. The number of benzene rings is 1. The third kappa shape index (κ3) is 2.90. The zero-order valence-electron chi connectivity index (χ0n) is 13.7. The fourth-order valence-corrected chi connectivity index (χ4v) is 6.36. The van der Waals surface area contributed by atoms with Crippen LogP contribution in [0, 0.1) is 10.8 Å². The van der Waals surface area contributed by atoms with Gasteiger partial charge in [-0.05, 0) is 47.8 Å². The minimum atomic E-state index is -3.60. The lowest BCUT2D eigenvalue weighted by molar-refractivity contribution is -0.255. The van der Waals surface area contributed by atoms with Gasteiger partial charge in [0.1, 0.15) is 0 Å². The van der Waals surface area contributed by atoms with Crippen molar-refractivity contribution in [2.24, 2.45) is 10.8 Å². The SMILES string of the molecule is CC1(C)C[C@@H]2C[C@@](C)(CN2S(=O)(=O)c2ccc(C(=O)[O-])cc2)C1. The Hall–Kier alpha value is -1.40. The van der Waals surface area contributed by atoms with Crippen LogP contribution in [-0.2, 0) is 10.0 Å². The van der Waals surface area contributed by atoms with Crippen LogP contribution >= 0.6 is 0 Å². The molecular weight excluding hydrogens is 314 g/mol. The van der Waals surface area contributed by atoms with Crippen molar-refractivity contribution in [3.63, 3.8) is 0 Å². The number of nitrogens with zero attached hydrogens (tertiary/aromatic N) is 1. The molecular formula is C17H22NO4S-. The highest BCUT2D eigenvalue weighted by Crippen LogP contribution is 2.53. The molecule has 0 spiro atoms. The lowest BCUT2D eigenvalue weighted by Gasteiger charge is -2.39. The van der Waals surface area contributed by atoms with E-state index in [2.05, 4.69) is 20.8 Å². The van der Waals surface area contributed by atoms with Gasteiger partial charge in [-0.2, -0.15) is 4.31 Å². The number of hydrogen-bond acceptors (Lipinski definition) is 4. The van der Waals surface area contributed by atoms with Crippen LogP contribution in [0.3, 0.4) is 0 Å². The van der Waals surface area contributed by atoms with Gasteiger partial charge in [0.15, 0.2) is 0 Å². The first-order valence-electron chi connectivity index (χ1n) is 7.86. The van der Waals surface area contributed by atoms with E-state index in [0.29, 0.717) is 6.54 Å². The number of carboxylic acid groups (broad SMARTS) is 1. The summed E-state index contributed by atoms with van der Waals surface area (Å²) in [7, 11) is -3.60. The van der Waals surface area contributed by atoms with E-state index < -0.39 is 16.0 Å². The predicted molar refractivity (Wildman–Crippen MR) is 84.2 cm³/mol. The van der Waals surface area contributed by atoms with E-state index in [4.69, 9.17) is 0 Å². The molecule has 2 bridgehead atoms. The highest BCUT2D eigenvalue weighted by molar-refractivity contribution is 7.89. The fraction of sp³-hybridized carbons (Fsp3) is 0.588. The van der Waals surface area contributed by atoms with E-state index in [1.165, 1.54) is 24.3 Å². The van der Waals surface area contributed by atoms with Crippen LogP contribution in [-0.4, -0.2) is 31.3 Å². The molecule has 2 aliphatic rings. The molecule has 0 amide bonds. The molecule has 0 N–H and O–H groups in total. The number of sulfonamides is 1. The van der Waals surface area contributed by atoms with Gasteiger partial charge in [0.2, 0.25) is 10.0 Å². The predicted octanol–water partition coefficient (Wildman–Crippen LogP) is 1.64. The van der Waals surface area contributed by atoms with E-state index in [-0.39, 0.29) is 27.3 Å². The Morgan fingerprint density at radius 3 is 2.35 bits per heavy atom. The van der Waals surface area contributed by atoms with Gasteiger partial charge in [0, 0.05) is 12.6 Å². The maximum Gasteiger partial charge on any atom is 0.243 e. The van der Waals surface area contributed by atoms with Gasteiger partial charge in [-0.3, -0.25) is 0 Å². The van der Waals surface area contributed by atoms with Crippen LogP contribution < -0.4 is 5.11 Å². The largest absolute Gasteiger partial charge is 0.545 e. The first kappa shape index (κ1) is 16.5. The Bertz CT molecular complexity index is 738. The summed E-state index contributed by atoms with van der Waals surface area (Å²) in [6.07, 6.45) is 2.78. The zero-order valence-corrected chi connectivity index (χ0v) is 14.5. The standard InChI is InChI=1S/C17H23NO4S/c1-16(2)8-13-9-17(3,10-16)11-18(13)23(21,22)14-6-4-12(5-7-14)15(19)20/h4-7,13H,8-11H2,1-3H3,(H,19,20)/p-1/t13-,17-/m1/s1. The summed E-state index contributed by atoms with van der Waals surface area (Å²) in [6, 6.07) is 5.31. The lowest BCUT2D eigenvalue weighted by Crippen LogP contribution is -2.37. The molecule has 6 heteroatoms. The third-order valence-corrected chi connectivity index (χ3v) is 6.98. The molecule has 0 unspecified atom stereocenters. The van der Waals surface area contributed by atoms with Gasteiger partial charge < -0.3 is 9.90 Å². The van der Waals surface area contributed by atoms with E-state index in [0.717, 1.165) is 19.3 Å². The molecule has 1 aromatic carbocycles. The van der Waals surface area contributed by atoms with Crippen LogP contribution in [0.1, 0.15) is 50.4 Å². The topological polar surface area (TPSA) is 77.5 Å². The van der Waals surface area contributed by atoms with Crippen LogP contribution in [0.2, 0.25) is 0 Å². The van der Waals surface area contributed by atoms with Gasteiger partial charge in [0.25, 0.3) is 0 Å². The van der Waals surface area contributed by atoms with Crippen molar-refractivity contribution < 1.29 is 18.3 Å². The van der Waals surface area contributed by atoms with Gasteiger partial charge in [-0.1, -0.05) is 32.9 Å². The molecule has 3 rings (SSSR count). The molecule has 1 aromatic rings. The minimum absolute atomic E-state index is 0.0165. The maximum atomic E-state index is 13.0. The van der Waals surface area contributed by atoms with Crippen LogP contribution in [0.4, 0.5) is 0 Å². The van der Waals surface area contributed by atoms with Crippen molar-refractivity contribution in [3.8, 4) is 0 Å². The van der Waals surface area contributed by atoms with Crippen molar-refractivity contribution >= 4 is 16.0 Å². The molecule has 1 aliphatic heterocycles. The molecule has 2 atom stereocenters. The number of hydrogen-bond donors (Lipinski definition) is 0. The maximum absolute atomic E-state index is 13.0. The van der Waals surface area contributed by atoms with Crippen molar-refractivity contribution in [2.75, 3.05) is 6.54 Å². The van der Waals surface area contributed by atoms with Crippen molar-refractivity contribution in [3.05, 3.63) is 29.8 Å². The summed E-state index contributed by atoms with van der Waals surface area (Å²) < 4.78 is 27.6. The zero-order chi connectivity index (χ0) is 17.0. The van der Waals surface area contributed by atoms with Crippen molar-refractivity contribution in [1.29, 1.82) is 0 Å². The number of aromatic carboxylic acids is 1. The summed E-state index contributed by atoms with van der Waals surface area (Å²) in [4.78, 5) is 11.0. The molecule has 1 saturated heterocycles. The summed E-state index contributed by atoms with van der Waals surface area (Å²) in [5.74, 6) is -1.31. The first-order chi connectivity index (χ1) is 10.5. The Balaban J connectivity index is 1.93. The van der Waals surface area contributed by atoms with Gasteiger partial charge in [0.05, 0.1) is 10.9 Å². The van der Waals surface area contributed by atoms with E-state index >= 15 is 0 Å². The molecule has 2 fully saturated rings. The molecule has 0 radical (unpaired) electrons. The van der Waals surface area contributed by atoms with Crippen LogP contribution in [0.5, 0.6) is 0 Å². The quantitative estimate of drug-likeness (QED) is 0.841. The smallest absolute Gasteiger partial charge is 0.243 e. The molecule has 0 aromatic heterocycles. The molecule has 126 valence electrons. The average Bonchev–Trinajstić information content (AvgIpc) is 2.68. The molecule has 1 heterocycles. The second-order valence-electron chi connectivity index (χ2n) is 8.08. The fourth-order valence-electron chi connectivity index (χ4n) is 4.59. The monoisotopic (exact) mass is 336 g/mol. The average molecular weight is 336 g/mol. The second kappa shape index (κ2) is 5.05. The number of fused-ring (bicyclic) bond motifs is 2. The molecule has 1 aliphatic carbocycles. The normalized spacial score (nSPS) is 30.3. The van der Waals surface area contributed by atoms with Crippen molar-refractivity contribution in [1.82, 2.24) is 4.31 Å². The Morgan fingerprint density at radius 2 is 1.78 bits per heavy atom. The summed E-state index contributed by atoms with van der Waals surface area (Å²) >= 11 is 0. The van der Waals surface area contributed by atoms with Crippen LogP contribution in [0.25, 0.3) is 0 Å². The number of carboxylic acids is 1. The number of rotatable bonds is 3. The lowest BCUT2D eigenvalue weighted by atomic mass is 9.65. The Morgan fingerprint density at radius 1 is 1.17 bits per heavy atom. The third-order valence-electron chi connectivity index (χ3n) is 5.06. The van der Waals surface area contributed by atoms with Gasteiger partial charge in [-0.15, -0.1) is 0 Å². The minimum Gasteiger partial charge on any atom is -0.545 e. The molecule has 1 saturated carbocycles. The second-order valence-corrected chi connectivity index (χ2v) is 9.97. The van der Waals surface area contributed by atoms with E-state index in [9.17, 15) is 18.3 Å². The number of carbonyl (C=O) groups excluding carboxylic acids is 1. The first-order valence-corrected chi connectivity index (χ1v) is 9.30. The van der Waals surface area contributed by atoms with Crippen LogP contribution in [0.15, 0.2) is 29.2 Å². The van der Waals surface area contributed by atoms with E-state index in [1.807, 2.05) is 0 Å².